The highest BCUT2D eigenvalue weighted by Crippen LogP contribution is 2.37. The lowest BCUT2D eigenvalue weighted by atomic mass is 10.0. The number of rotatable bonds is 7. The lowest BCUT2D eigenvalue weighted by Gasteiger charge is -2.15. The summed E-state index contributed by atoms with van der Waals surface area (Å²) in [6.07, 6.45) is 0. The lowest BCUT2D eigenvalue weighted by molar-refractivity contribution is -0.393. The summed E-state index contributed by atoms with van der Waals surface area (Å²) in [6.45, 7) is 0. The first-order chi connectivity index (χ1) is 15.2. The maximum Gasteiger partial charge on any atom is 0.301 e. The SMILES string of the molecule is CN(C)c1cc(NN=C(c2ccc(O)cc2)c2ccc(O)cc2)c([N+](=O)[O-])cc1[N+](=O)[O-]. The van der Waals surface area contributed by atoms with E-state index < -0.39 is 21.2 Å². The summed E-state index contributed by atoms with van der Waals surface area (Å²) < 4.78 is 0. The number of benzene rings is 3. The molecule has 11 nitrogen and oxygen atoms in total. The fourth-order valence-corrected chi connectivity index (χ4v) is 2.96. The van der Waals surface area contributed by atoms with Crippen molar-refractivity contribution in [2.45, 2.75) is 0 Å². The van der Waals surface area contributed by atoms with E-state index in [2.05, 4.69) is 10.5 Å². The number of hydrazone groups is 1. The number of nitro benzene ring substituents is 2. The molecule has 0 saturated carbocycles. The van der Waals surface area contributed by atoms with Crippen molar-refractivity contribution in [2.75, 3.05) is 24.4 Å². The highest BCUT2D eigenvalue weighted by atomic mass is 16.6. The minimum absolute atomic E-state index is 0.0423. The molecule has 0 bridgehead atoms. The molecule has 164 valence electrons. The van der Waals surface area contributed by atoms with Crippen LogP contribution in [0.2, 0.25) is 0 Å². The van der Waals surface area contributed by atoms with Gasteiger partial charge in [0.05, 0.1) is 21.6 Å². The molecule has 0 unspecified atom stereocenters. The molecule has 0 aliphatic rings. The molecular weight excluding hydrogens is 418 g/mol. The Hall–Kier alpha value is -4.67. The van der Waals surface area contributed by atoms with Crippen LogP contribution in [0.1, 0.15) is 11.1 Å². The molecule has 0 heterocycles. The van der Waals surface area contributed by atoms with Crippen molar-refractivity contribution in [2.24, 2.45) is 5.10 Å². The van der Waals surface area contributed by atoms with Gasteiger partial charge in [0, 0.05) is 31.3 Å². The fourth-order valence-electron chi connectivity index (χ4n) is 2.96. The van der Waals surface area contributed by atoms with Gasteiger partial charge in [0.25, 0.3) is 5.69 Å². The van der Waals surface area contributed by atoms with Crippen LogP contribution in [-0.4, -0.2) is 39.9 Å². The number of aromatic hydroxyl groups is 2. The standard InChI is InChI=1S/C21H19N5O6/c1-24(2)19-11-17(18(25(29)30)12-20(19)26(31)32)22-23-21(13-3-7-15(27)8-4-13)14-5-9-16(28)10-6-14/h3-12,22,27-28H,1-2H3. The average molecular weight is 437 g/mol. The van der Waals surface area contributed by atoms with Crippen LogP contribution in [0.5, 0.6) is 11.5 Å². The van der Waals surface area contributed by atoms with E-state index in [-0.39, 0.29) is 22.9 Å². The first-order valence-corrected chi connectivity index (χ1v) is 9.24. The third-order valence-corrected chi connectivity index (χ3v) is 4.54. The Balaban J connectivity index is 2.14. The Bertz CT molecular complexity index is 1140. The van der Waals surface area contributed by atoms with E-state index in [4.69, 9.17) is 0 Å². The number of nitrogens with zero attached hydrogens (tertiary/aromatic N) is 4. The van der Waals surface area contributed by atoms with Crippen LogP contribution in [0.3, 0.4) is 0 Å². The van der Waals surface area contributed by atoms with E-state index in [0.717, 1.165) is 6.07 Å². The zero-order chi connectivity index (χ0) is 23.4. The summed E-state index contributed by atoms with van der Waals surface area (Å²) in [4.78, 5) is 23.0. The zero-order valence-electron chi connectivity index (χ0n) is 17.1. The van der Waals surface area contributed by atoms with Gasteiger partial charge >= 0.3 is 5.69 Å². The molecule has 3 aromatic rings. The fraction of sp³-hybridized carbons (Fsp3) is 0.0952. The minimum atomic E-state index is -0.731. The molecule has 0 atom stereocenters. The van der Waals surface area contributed by atoms with Crippen LogP contribution < -0.4 is 10.3 Å². The van der Waals surface area contributed by atoms with E-state index in [9.17, 15) is 30.4 Å². The molecule has 3 rings (SSSR count). The maximum absolute atomic E-state index is 11.6. The molecule has 0 radical (unpaired) electrons. The van der Waals surface area contributed by atoms with Gasteiger partial charge in [0.1, 0.15) is 22.9 Å². The molecule has 0 aliphatic carbocycles. The van der Waals surface area contributed by atoms with Gasteiger partial charge in [-0.3, -0.25) is 25.7 Å². The van der Waals surface area contributed by atoms with Crippen LogP contribution in [0.15, 0.2) is 65.8 Å². The molecule has 0 aliphatic heterocycles. The molecule has 11 heteroatoms. The molecular formula is C21H19N5O6. The molecule has 3 N–H and O–H groups in total. The van der Waals surface area contributed by atoms with Crippen molar-refractivity contribution >= 4 is 28.5 Å². The largest absolute Gasteiger partial charge is 0.508 e. The summed E-state index contributed by atoms with van der Waals surface area (Å²) >= 11 is 0. The van der Waals surface area contributed by atoms with E-state index in [0.29, 0.717) is 16.8 Å². The molecule has 0 aromatic heterocycles. The Labute approximate surface area is 182 Å². The first kappa shape index (κ1) is 22.0. The Kier molecular flexibility index (Phi) is 6.19. The molecule has 0 fully saturated rings. The van der Waals surface area contributed by atoms with Crippen molar-refractivity contribution in [1.82, 2.24) is 0 Å². The van der Waals surface area contributed by atoms with Gasteiger partial charge in [0.2, 0.25) is 0 Å². The molecule has 0 spiro atoms. The van der Waals surface area contributed by atoms with Crippen molar-refractivity contribution in [1.29, 1.82) is 0 Å². The van der Waals surface area contributed by atoms with Gasteiger partial charge in [-0.15, -0.1) is 0 Å². The van der Waals surface area contributed by atoms with E-state index in [1.807, 2.05) is 0 Å². The number of phenolic OH excluding ortho intramolecular Hbond substituents is 2. The third-order valence-electron chi connectivity index (χ3n) is 4.54. The number of nitro groups is 2. The third kappa shape index (κ3) is 4.73. The normalized spacial score (nSPS) is 10.3. The van der Waals surface area contributed by atoms with Crippen LogP contribution in [0.4, 0.5) is 22.7 Å². The molecule has 32 heavy (non-hydrogen) atoms. The minimum Gasteiger partial charge on any atom is -0.508 e. The average Bonchev–Trinajstić information content (AvgIpc) is 2.75. The summed E-state index contributed by atoms with van der Waals surface area (Å²) in [7, 11) is 3.17. The second kappa shape index (κ2) is 9.00. The number of nitrogens with one attached hydrogen (secondary N) is 1. The molecule has 0 amide bonds. The lowest BCUT2D eigenvalue weighted by Crippen LogP contribution is -2.13. The summed E-state index contributed by atoms with van der Waals surface area (Å²) in [6, 6.07) is 14.5. The van der Waals surface area contributed by atoms with Crippen molar-refractivity contribution in [3.05, 3.63) is 92.0 Å². The number of hydrogen-bond acceptors (Lipinski definition) is 9. The van der Waals surface area contributed by atoms with Crippen molar-refractivity contribution in [3.63, 3.8) is 0 Å². The molecule has 3 aromatic carbocycles. The predicted octanol–water partition coefficient (Wildman–Crippen LogP) is 3.84. The number of anilines is 2. The van der Waals surface area contributed by atoms with Gasteiger partial charge in [-0.05, 0) is 48.5 Å². The van der Waals surface area contributed by atoms with Crippen molar-refractivity contribution < 1.29 is 20.1 Å². The second-order valence-corrected chi connectivity index (χ2v) is 6.93. The van der Waals surface area contributed by atoms with Crippen LogP contribution in [0.25, 0.3) is 0 Å². The van der Waals surface area contributed by atoms with E-state index in [1.165, 1.54) is 35.2 Å². The van der Waals surface area contributed by atoms with Gasteiger partial charge in [-0.1, -0.05) is 0 Å². The van der Waals surface area contributed by atoms with Gasteiger partial charge in [0.15, 0.2) is 0 Å². The first-order valence-electron chi connectivity index (χ1n) is 9.24. The Morgan fingerprint density at radius 2 is 1.31 bits per heavy atom. The predicted molar refractivity (Wildman–Crippen MR) is 120 cm³/mol. The quantitative estimate of drug-likeness (QED) is 0.286. The van der Waals surface area contributed by atoms with E-state index >= 15 is 0 Å². The number of phenols is 2. The van der Waals surface area contributed by atoms with Gasteiger partial charge in [-0.2, -0.15) is 5.10 Å². The number of hydrogen-bond donors (Lipinski definition) is 3. The van der Waals surface area contributed by atoms with Crippen LogP contribution >= 0.6 is 0 Å². The molecule has 0 saturated heterocycles. The van der Waals surface area contributed by atoms with E-state index in [1.54, 1.807) is 38.4 Å². The summed E-state index contributed by atoms with van der Waals surface area (Å²) in [5, 5.41) is 46.4. The highest BCUT2D eigenvalue weighted by molar-refractivity contribution is 6.13. The van der Waals surface area contributed by atoms with Gasteiger partial charge in [-0.25, -0.2) is 0 Å². The second-order valence-electron chi connectivity index (χ2n) is 6.93. The van der Waals surface area contributed by atoms with Crippen LogP contribution in [0, 0.1) is 20.2 Å². The summed E-state index contributed by atoms with van der Waals surface area (Å²) in [5.41, 5.74) is 3.38. The Morgan fingerprint density at radius 3 is 1.72 bits per heavy atom. The highest BCUT2D eigenvalue weighted by Gasteiger charge is 2.25. The summed E-state index contributed by atoms with van der Waals surface area (Å²) in [5.74, 6) is 0.0989. The Morgan fingerprint density at radius 1 is 0.844 bits per heavy atom. The zero-order valence-corrected chi connectivity index (χ0v) is 17.1. The van der Waals surface area contributed by atoms with Crippen molar-refractivity contribution in [3.8, 4) is 11.5 Å². The van der Waals surface area contributed by atoms with Gasteiger partial charge < -0.3 is 15.1 Å². The maximum atomic E-state index is 11.6. The topological polar surface area (TPSA) is 154 Å². The van der Waals surface area contributed by atoms with Crippen LogP contribution in [-0.2, 0) is 0 Å². The monoisotopic (exact) mass is 437 g/mol. The smallest absolute Gasteiger partial charge is 0.301 e.